The largest absolute Gasteiger partial charge is 0.384 e. The molecule has 2 aromatic carbocycles. The van der Waals surface area contributed by atoms with E-state index in [1.165, 1.54) is 12.1 Å². The Morgan fingerprint density at radius 1 is 1.12 bits per heavy atom. The van der Waals surface area contributed by atoms with Crippen LogP contribution in [0.15, 0.2) is 76.1 Å². The molecule has 1 unspecified atom stereocenters. The standard InChI is InChI=1S/C24H23ClN4O3S/c1-24(2)11-19-22(20(30)12-24)21(16-5-3-4-6-18(16)25)17(13-26)23(27)29(19)14-7-9-15(10-8-14)33(28,31)32/h3-10,21H,11-12,27H2,1-2H3,(H2,28,31,32). The molecule has 2 aliphatic rings. The molecule has 9 heteroatoms. The van der Waals surface area contributed by atoms with Gasteiger partial charge in [0.25, 0.3) is 0 Å². The number of Topliss-reactive ketones (excluding diaryl/α,β-unsaturated/α-hetero) is 1. The quantitative estimate of drug-likeness (QED) is 0.681. The summed E-state index contributed by atoms with van der Waals surface area (Å²) in [6, 6.07) is 15.2. The van der Waals surface area contributed by atoms with Gasteiger partial charge in [0, 0.05) is 28.4 Å². The molecule has 4 N–H and O–H groups in total. The number of anilines is 1. The minimum atomic E-state index is -3.87. The maximum absolute atomic E-state index is 13.5. The minimum absolute atomic E-state index is 0.0467. The number of hydrogen-bond donors (Lipinski definition) is 2. The number of hydrogen-bond acceptors (Lipinski definition) is 6. The van der Waals surface area contributed by atoms with Crippen molar-refractivity contribution in [3.05, 3.63) is 81.8 Å². The summed E-state index contributed by atoms with van der Waals surface area (Å²) in [6.07, 6.45) is 0.856. The van der Waals surface area contributed by atoms with Crippen LogP contribution in [0.2, 0.25) is 5.02 Å². The highest BCUT2D eigenvalue weighted by molar-refractivity contribution is 7.89. The van der Waals surface area contributed by atoms with Gasteiger partial charge in [-0.25, -0.2) is 13.6 Å². The molecule has 1 heterocycles. The van der Waals surface area contributed by atoms with Crippen molar-refractivity contribution >= 4 is 33.1 Å². The lowest BCUT2D eigenvalue weighted by molar-refractivity contribution is -0.118. The summed E-state index contributed by atoms with van der Waals surface area (Å²) in [5.74, 6) is -0.574. The third-order valence-electron chi connectivity index (χ3n) is 6.02. The number of rotatable bonds is 3. The summed E-state index contributed by atoms with van der Waals surface area (Å²) >= 11 is 6.49. The fraction of sp³-hybridized carbons (Fsp3) is 0.250. The Kier molecular flexibility index (Phi) is 5.61. The van der Waals surface area contributed by atoms with Crippen molar-refractivity contribution in [2.75, 3.05) is 4.90 Å². The highest BCUT2D eigenvalue weighted by Crippen LogP contribution is 2.51. The van der Waals surface area contributed by atoms with E-state index < -0.39 is 15.9 Å². The summed E-state index contributed by atoms with van der Waals surface area (Å²) in [5.41, 5.74) is 8.79. The van der Waals surface area contributed by atoms with E-state index in [-0.39, 0.29) is 27.5 Å². The van der Waals surface area contributed by atoms with Crippen molar-refractivity contribution in [3.8, 4) is 6.07 Å². The van der Waals surface area contributed by atoms with Crippen LogP contribution in [0.3, 0.4) is 0 Å². The zero-order valence-corrected chi connectivity index (χ0v) is 19.7. The molecule has 0 saturated carbocycles. The number of primary sulfonamides is 1. The molecular weight excluding hydrogens is 460 g/mol. The number of sulfonamides is 1. The van der Waals surface area contributed by atoms with E-state index in [9.17, 15) is 18.5 Å². The monoisotopic (exact) mass is 482 g/mol. The lowest BCUT2D eigenvalue weighted by Crippen LogP contribution is -2.42. The molecule has 0 radical (unpaired) electrons. The highest BCUT2D eigenvalue weighted by atomic mass is 35.5. The smallest absolute Gasteiger partial charge is 0.238 e. The Labute approximate surface area is 198 Å². The van der Waals surface area contributed by atoms with Gasteiger partial charge in [-0.1, -0.05) is 43.6 Å². The molecule has 0 amide bonds. The van der Waals surface area contributed by atoms with Crippen LogP contribution in [0.5, 0.6) is 0 Å². The Balaban J connectivity index is 1.98. The molecule has 0 saturated heterocycles. The number of ketones is 1. The average Bonchev–Trinajstić information content (AvgIpc) is 2.72. The van der Waals surface area contributed by atoms with Crippen LogP contribution in [0.25, 0.3) is 0 Å². The second-order valence-corrected chi connectivity index (χ2v) is 11.0. The summed E-state index contributed by atoms with van der Waals surface area (Å²) in [6.45, 7) is 4.00. The van der Waals surface area contributed by atoms with Gasteiger partial charge in [0.05, 0.1) is 22.5 Å². The number of benzene rings is 2. The van der Waals surface area contributed by atoms with E-state index in [1.54, 1.807) is 35.2 Å². The molecule has 7 nitrogen and oxygen atoms in total. The molecule has 33 heavy (non-hydrogen) atoms. The lowest BCUT2D eigenvalue weighted by atomic mass is 9.68. The van der Waals surface area contributed by atoms with Crippen molar-refractivity contribution in [1.82, 2.24) is 0 Å². The lowest BCUT2D eigenvalue weighted by Gasteiger charge is -2.44. The van der Waals surface area contributed by atoms with Crippen LogP contribution in [-0.2, 0) is 14.8 Å². The predicted molar refractivity (Wildman–Crippen MR) is 126 cm³/mol. The van der Waals surface area contributed by atoms with Gasteiger partial charge in [0.1, 0.15) is 5.82 Å². The van der Waals surface area contributed by atoms with Gasteiger partial charge in [0.2, 0.25) is 10.0 Å². The molecule has 1 aliphatic heterocycles. The van der Waals surface area contributed by atoms with Crippen molar-refractivity contribution in [1.29, 1.82) is 5.26 Å². The third kappa shape index (κ3) is 4.04. The summed E-state index contributed by atoms with van der Waals surface area (Å²) in [7, 11) is -3.87. The van der Waals surface area contributed by atoms with Gasteiger partial charge in [-0.05, 0) is 47.7 Å². The molecule has 0 bridgehead atoms. The minimum Gasteiger partial charge on any atom is -0.384 e. The number of carbonyl (C=O) groups excluding carboxylic acids is 1. The number of nitrogens with two attached hydrogens (primary N) is 2. The first-order valence-corrected chi connectivity index (χ1v) is 12.2. The van der Waals surface area contributed by atoms with Crippen molar-refractivity contribution < 1.29 is 13.2 Å². The van der Waals surface area contributed by atoms with Crippen molar-refractivity contribution in [2.24, 2.45) is 16.3 Å². The van der Waals surface area contributed by atoms with Crippen LogP contribution < -0.4 is 15.8 Å². The fourth-order valence-electron chi connectivity index (χ4n) is 4.61. The molecule has 0 aromatic heterocycles. The van der Waals surface area contributed by atoms with Crippen LogP contribution in [-0.4, -0.2) is 14.2 Å². The zero-order valence-electron chi connectivity index (χ0n) is 18.2. The van der Waals surface area contributed by atoms with Gasteiger partial charge in [-0.15, -0.1) is 0 Å². The van der Waals surface area contributed by atoms with E-state index in [0.29, 0.717) is 40.4 Å². The van der Waals surface area contributed by atoms with E-state index in [0.717, 1.165) is 0 Å². The highest BCUT2D eigenvalue weighted by Gasteiger charge is 2.45. The summed E-state index contributed by atoms with van der Waals surface area (Å²) in [5, 5.41) is 15.8. The maximum Gasteiger partial charge on any atom is 0.238 e. The van der Waals surface area contributed by atoms with E-state index in [4.69, 9.17) is 22.5 Å². The molecule has 1 aliphatic carbocycles. The van der Waals surface area contributed by atoms with E-state index in [1.807, 2.05) is 19.9 Å². The molecule has 4 rings (SSSR count). The number of allylic oxidation sites excluding steroid dienone is 3. The summed E-state index contributed by atoms with van der Waals surface area (Å²) in [4.78, 5) is 15.1. The number of nitriles is 1. The van der Waals surface area contributed by atoms with Crippen LogP contribution in [0, 0.1) is 16.7 Å². The average molecular weight is 483 g/mol. The maximum atomic E-state index is 13.5. The van der Waals surface area contributed by atoms with Crippen LogP contribution in [0.1, 0.15) is 38.2 Å². The Bertz CT molecular complexity index is 1370. The first kappa shape index (κ1) is 23.1. The second kappa shape index (κ2) is 8.03. The molecule has 0 spiro atoms. The Morgan fingerprint density at radius 3 is 2.33 bits per heavy atom. The zero-order chi connectivity index (χ0) is 24.1. The van der Waals surface area contributed by atoms with Crippen molar-refractivity contribution in [2.45, 2.75) is 37.5 Å². The Hall–Kier alpha value is -3.12. The summed E-state index contributed by atoms with van der Waals surface area (Å²) < 4.78 is 23.4. The Morgan fingerprint density at radius 2 is 1.76 bits per heavy atom. The van der Waals surface area contributed by atoms with E-state index in [2.05, 4.69) is 6.07 Å². The fourth-order valence-corrected chi connectivity index (χ4v) is 5.37. The number of nitrogens with zero attached hydrogens (tertiary/aromatic N) is 2. The molecule has 170 valence electrons. The van der Waals surface area contributed by atoms with Crippen molar-refractivity contribution in [3.63, 3.8) is 0 Å². The van der Waals surface area contributed by atoms with Crippen LogP contribution >= 0.6 is 11.6 Å². The van der Waals surface area contributed by atoms with Crippen LogP contribution in [0.4, 0.5) is 5.69 Å². The van der Waals surface area contributed by atoms with Gasteiger partial charge in [-0.3, -0.25) is 9.69 Å². The molecule has 0 fully saturated rings. The first-order chi connectivity index (χ1) is 15.4. The third-order valence-corrected chi connectivity index (χ3v) is 7.29. The molecule has 1 atom stereocenters. The topological polar surface area (TPSA) is 130 Å². The van der Waals surface area contributed by atoms with Gasteiger partial charge in [0.15, 0.2) is 5.78 Å². The SMILES string of the molecule is CC1(C)CC(=O)C2=C(C1)N(c1ccc(S(N)(=O)=O)cc1)C(N)=C(C#N)C2c1ccccc1Cl. The number of halogens is 1. The van der Waals surface area contributed by atoms with Gasteiger partial charge in [-0.2, -0.15) is 5.26 Å². The predicted octanol–water partition coefficient (Wildman–Crippen LogP) is 3.93. The van der Waals surface area contributed by atoms with E-state index >= 15 is 0 Å². The number of carbonyl (C=O) groups is 1. The first-order valence-electron chi connectivity index (χ1n) is 10.3. The van der Waals surface area contributed by atoms with Gasteiger partial charge >= 0.3 is 0 Å². The second-order valence-electron chi connectivity index (χ2n) is 9.04. The molecule has 2 aromatic rings. The van der Waals surface area contributed by atoms with Gasteiger partial charge < -0.3 is 5.73 Å². The normalized spacial score (nSPS) is 20.5. The molecular formula is C24H23ClN4O3S.